The minimum atomic E-state index is -0.611. The van der Waals surface area contributed by atoms with Gasteiger partial charge < -0.3 is 14.6 Å². The summed E-state index contributed by atoms with van der Waals surface area (Å²) in [6.45, 7) is 4.50. The predicted octanol–water partition coefficient (Wildman–Crippen LogP) is 3.23. The van der Waals surface area contributed by atoms with Crippen molar-refractivity contribution >= 4 is 5.97 Å². The Labute approximate surface area is 207 Å². The molecule has 1 aliphatic carbocycles. The number of esters is 1. The van der Waals surface area contributed by atoms with Crippen LogP contribution in [0, 0.1) is 11.3 Å². The molecule has 0 bridgehead atoms. The Morgan fingerprint density at radius 1 is 1.11 bits per heavy atom. The fourth-order valence-electron chi connectivity index (χ4n) is 5.37. The zero-order valence-corrected chi connectivity index (χ0v) is 20.4. The monoisotopic (exact) mass is 477 g/mol. The fraction of sp³-hybridized carbons (Fsp3) is 0.500. The first-order valence-electron chi connectivity index (χ1n) is 12.5. The van der Waals surface area contributed by atoms with Gasteiger partial charge in [-0.2, -0.15) is 5.26 Å². The number of β-amino-alcohol motifs (C(OH)–C–C–N with tert-alkyl or cyclic N) is 1. The van der Waals surface area contributed by atoms with Gasteiger partial charge in [0.15, 0.2) is 0 Å². The van der Waals surface area contributed by atoms with Crippen LogP contribution in [-0.2, 0) is 10.2 Å². The van der Waals surface area contributed by atoms with Gasteiger partial charge in [0.05, 0.1) is 24.2 Å². The maximum absolute atomic E-state index is 11.7. The molecule has 1 N–H and O–H groups in total. The Morgan fingerprint density at radius 2 is 1.83 bits per heavy atom. The van der Waals surface area contributed by atoms with Gasteiger partial charge in [-0.15, -0.1) is 0 Å². The van der Waals surface area contributed by atoms with Gasteiger partial charge in [-0.3, -0.25) is 9.80 Å². The molecule has 1 aliphatic heterocycles. The number of aliphatic hydroxyl groups excluding tert-OH is 1. The van der Waals surface area contributed by atoms with Gasteiger partial charge in [0.2, 0.25) is 0 Å². The molecule has 1 saturated carbocycles. The third-order valence-electron chi connectivity index (χ3n) is 7.44. The van der Waals surface area contributed by atoms with Gasteiger partial charge in [0.25, 0.3) is 0 Å². The van der Waals surface area contributed by atoms with E-state index in [2.05, 4.69) is 28.0 Å². The number of ether oxygens (including phenoxy) is 2. The topological polar surface area (TPSA) is 86.0 Å². The molecule has 0 radical (unpaired) electrons. The minimum Gasteiger partial charge on any atom is -0.491 e. The SMILES string of the molecule is COC(=O)c1cccc(OCC(O)CN2CCN(C3CCC(C#N)(c4ccccc4)CC3)CC2)c1. The molecule has 186 valence electrons. The molecule has 0 amide bonds. The molecular weight excluding hydrogens is 442 g/mol. The van der Waals surface area contributed by atoms with E-state index in [0.29, 0.717) is 23.9 Å². The van der Waals surface area contributed by atoms with Crippen LogP contribution in [0.5, 0.6) is 5.75 Å². The highest BCUT2D eigenvalue weighted by atomic mass is 16.5. The third kappa shape index (κ3) is 6.21. The Kier molecular flexibility index (Phi) is 8.40. The van der Waals surface area contributed by atoms with E-state index in [1.807, 2.05) is 18.2 Å². The molecule has 1 atom stereocenters. The van der Waals surface area contributed by atoms with Gasteiger partial charge in [-0.05, 0) is 49.4 Å². The molecule has 1 saturated heterocycles. The van der Waals surface area contributed by atoms with E-state index in [1.165, 1.54) is 7.11 Å². The second-order valence-electron chi connectivity index (χ2n) is 9.61. The second-order valence-corrected chi connectivity index (χ2v) is 9.61. The van der Waals surface area contributed by atoms with E-state index in [-0.39, 0.29) is 12.0 Å². The number of methoxy groups -OCH3 is 1. The van der Waals surface area contributed by atoms with Crippen molar-refractivity contribution in [1.82, 2.24) is 9.80 Å². The van der Waals surface area contributed by atoms with Crippen molar-refractivity contribution in [3.8, 4) is 11.8 Å². The first kappa shape index (κ1) is 25.2. The van der Waals surface area contributed by atoms with Crippen LogP contribution in [0.4, 0.5) is 0 Å². The second kappa shape index (κ2) is 11.7. The number of nitrogens with zero attached hydrogens (tertiary/aromatic N) is 3. The summed E-state index contributed by atoms with van der Waals surface area (Å²) >= 11 is 0. The van der Waals surface area contributed by atoms with Gasteiger partial charge in [-0.1, -0.05) is 36.4 Å². The summed E-state index contributed by atoms with van der Waals surface area (Å²) in [6.07, 6.45) is 3.30. The number of piperazine rings is 1. The molecular formula is C28H35N3O4. The lowest BCUT2D eigenvalue weighted by molar-refractivity contribution is 0.0285. The summed E-state index contributed by atoms with van der Waals surface area (Å²) in [5.41, 5.74) is 1.23. The van der Waals surface area contributed by atoms with Crippen molar-refractivity contribution in [3.05, 3.63) is 65.7 Å². The van der Waals surface area contributed by atoms with Crippen molar-refractivity contribution in [1.29, 1.82) is 5.26 Å². The molecule has 7 heteroatoms. The lowest BCUT2D eigenvalue weighted by atomic mass is 9.69. The quantitative estimate of drug-likeness (QED) is 0.584. The van der Waals surface area contributed by atoms with E-state index in [1.54, 1.807) is 24.3 Å². The van der Waals surface area contributed by atoms with Gasteiger partial charge >= 0.3 is 5.97 Å². The Balaban J connectivity index is 1.20. The average Bonchev–Trinajstić information content (AvgIpc) is 2.92. The number of aliphatic hydroxyl groups is 1. The number of hydrogen-bond acceptors (Lipinski definition) is 7. The van der Waals surface area contributed by atoms with Crippen LogP contribution in [0.25, 0.3) is 0 Å². The van der Waals surface area contributed by atoms with Crippen LogP contribution in [0.2, 0.25) is 0 Å². The largest absolute Gasteiger partial charge is 0.491 e. The van der Waals surface area contributed by atoms with Crippen LogP contribution < -0.4 is 4.74 Å². The normalized spacial score (nSPS) is 24.3. The van der Waals surface area contributed by atoms with Crippen molar-refractivity contribution in [2.45, 2.75) is 43.2 Å². The van der Waals surface area contributed by atoms with Crippen LogP contribution in [-0.4, -0.2) is 79.5 Å². The standard InChI is InChI=1S/C28H35N3O4/c1-34-27(33)22-6-5-9-26(18-22)35-20-25(32)19-30-14-16-31(17-15-30)24-10-12-28(21-29,13-11-24)23-7-3-2-4-8-23/h2-9,18,24-25,32H,10-17,19-20H2,1H3. The minimum absolute atomic E-state index is 0.170. The summed E-state index contributed by atoms with van der Waals surface area (Å²) in [5, 5.41) is 20.4. The number of rotatable bonds is 8. The van der Waals surface area contributed by atoms with Crippen LogP contribution in [0.3, 0.4) is 0 Å². The van der Waals surface area contributed by atoms with Gasteiger partial charge in [0.1, 0.15) is 18.5 Å². The number of benzene rings is 2. The first-order valence-corrected chi connectivity index (χ1v) is 12.5. The molecule has 4 rings (SSSR count). The van der Waals surface area contributed by atoms with Crippen molar-refractivity contribution in [2.75, 3.05) is 46.4 Å². The average molecular weight is 478 g/mol. The predicted molar refractivity (Wildman–Crippen MR) is 133 cm³/mol. The number of carbonyl (C=O) groups is 1. The maximum atomic E-state index is 11.7. The molecule has 2 aromatic rings. The van der Waals surface area contributed by atoms with E-state index < -0.39 is 12.1 Å². The molecule has 1 unspecified atom stereocenters. The summed E-state index contributed by atoms with van der Waals surface area (Å²) in [6, 6.07) is 20.2. The summed E-state index contributed by atoms with van der Waals surface area (Å²) in [5.74, 6) is 0.128. The summed E-state index contributed by atoms with van der Waals surface area (Å²) in [7, 11) is 1.35. The lowest BCUT2D eigenvalue weighted by Gasteiger charge is -2.44. The molecule has 2 aliphatic rings. The van der Waals surface area contributed by atoms with E-state index in [4.69, 9.17) is 9.47 Å². The summed E-state index contributed by atoms with van der Waals surface area (Å²) < 4.78 is 10.4. The fourth-order valence-corrected chi connectivity index (χ4v) is 5.37. The van der Waals surface area contributed by atoms with Crippen molar-refractivity contribution < 1.29 is 19.4 Å². The molecule has 35 heavy (non-hydrogen) atoms. The first-order chi connectivity index (χ1) is 17.0. The molecule has 2 fully saturated rings. The Bertz CT molecular complexity index is 1010. The van der Waals surface area contributed by atoms with E-state index in [0.717, 1.165) is 57.4 Å². The van der Waals surface area contributed by atoms with E-state index >= 15 is 0 Å². The zero-order valence-electron chi connectivity index (χ0n) is 20.4. The van der Waals surface area contributed by atoms with Gasteiger partial charge in [-0.25, -0.2) is 4.79 Å². The highest BCUT2D eigenvalue weighted by Crippen LogP contribution is 2.40. The Hall–Kier alpha value is -2.92. The highest BCUT2D eigenvalue weighted by Gasteiger charge is 2.39. The lowest BCUT2D eigenvalue weighted by Crippen LogP contribution is -2.53. The van der Waals surface area contributed by atoms with Crippen molar-refractivity contribution in [3.63, 3.8) is 0 Å². The Morgan fingerprint density at radius 3 is 2.49 bits per heavy atom. The smallest absolute Gasteiger partial charge is 0.337 e. The van der Waals surface area contributed by atoms with Crippen LogP contribution >= 0.6 is 0 Å². The molecule has 2 aromatic carbocycles. The zero-order chi connectivity index (χ0) is 24.7. The molecule has 0 aromatic heterocycles. The molecule has 7 nitrogen and oxygen atoms in total. The number of nitriles is 1. The highest BCUT2D eigenvalue weighted by molar-refractivity contribution is 5.89. The maximum Gasteiger partial charge on any atom is 0.337 e. The van der Waals surface area contributed by atoms with Crippen LogP contribution in [0.1, 0.15) is 41.6 Å². The number of carbonyl (C=O) groups excluding carboxylic acids is 1. The van der Waals surface area contributed by atoms with Crippen molar-refractivity contribution in [2.24, 2.45) is 0 Å². The van der Waals surface area contributed by atoms with Crippen LogP contribution in [0.15, 0.2) is 54.6 Å². The van der Waals surface area contributed by atoms with Gasteiger partial charge in [0, 0.05) is 38.8 Å². The van der Waals surface area contributed by atoms with E-state index in [9.17, 15) is 15.2 Å². The third-order valence-corrected chi connectivity index (χ3v) is 7.44. The summed E-state index contributed by atoms with van der Waals surface area (Å²) in [4.78, 5) is 16.5. The number of hydrogen-bond donors (Lipinski definition) is 1. The molecule has 1 heterocycles. The molecule has 0 spiro atoms.